The van der Waals surface area contributed by atoms with Gasteiger partial charge in [-0.1, -0.05) is 11.6 Å². The van der Waals surface area contributed by atoms with Crippen molar-refractivity contribution in [1.82, 2.24) is 9.62 Å². The monoisotopic (exact) mass is 352 g/mol. The van der Waals surface area contributed by atoms with E-state index in [1.54, 1.807) is 0 Å². The molecule has 2 heterocycles. The Kier molecular flexibility index (Phi) is 4.87. The van der Waals surface area contributed by atoms with Crippen molar-refractivity contribution in [2.75, 3.05) is 20.2 Å². The number of halogens is 1. The average molecular weight is 353 g/mol. The molecular weight excluding hydrogens is 340 g/mol. The smallest absolute Gasteiger partial charge is 0.307 e. The second-order valence-electron chi connectivity index (χ2n) is 4.26. The summed E-state index contributed by atoms with van der Waals surface area (Å²) >= 11 is 6.66. The van der Waals surface area contributed by atoms with E-state index in [1.807, 2.05) is 0 Å². The molecule has 1 saturated heterocycles. The maximum absolute atomic E-state index is 12.6. The van der Waals surface area contributed by atoms with Crippen molar-refractivity contribution in [3.63, 3.8) is 0 Å². The quantitative estimate of drug-likeness (QED) is 0.794. The molecule has 1 aromatic heterocycles. The van der Waals surface area contributed by atoms with Crippen LogP contribution in [0.4, 0.5) is 0 Å². The minimum atomic E-state index is -3.88. The molecule has 0 bridgehead atoms. The first kappa shape index (κ1) is 16.2. The lowest BCUT2D eigenvalue weighted by atomic mass is 10.1. The number of thiophene rings is 1. The van der Waals surface area contributed by atoms with E-state index in [1.165, 1.54) is 19.2 Å². The number of carbonyl (C=O) groups is 2. The minimum Gasteiger partial charge on any atom is -0.469 e. The first-order valence-corrected chi connectivity index (χ1v) is 8.61. The Labute approximate surface area is 130 Å². The zero-order valence-corrected chi connectivity index (χ0v) is 13.4. The average Bonchev–Trinajstić information content (AvgIpc) is 2.88. The normalized spacial score (nSPS) is 20.1. The number of methoxy groups -OCH3 is 1. The molecule has 1 fully saturated rings. The number of hydrogen-bond acceptors (Lipinski definition) is 6. The Morgan fingerprint density at radius 1 is 1.57 bits per heavy atom. The van der Waals surface area contributed by atoms with Crippen LogP contribution in [0.5, 0.6) is 0 Å². The fraction of sp³-hybridized carbons (Fsp3) is 0.455. The van der Waals surface area contributed by atoms with Gasteiger partial charge >= 0.3 is 5.97 Å². The highest BCUT2D eigenvalue weighted by molar-refractivity contribution is 7.91. The molecule has 1 aliphatic rings. The van der Waals surface area contributed by atoms with Gasteiger partial charge in [0.25, 0.3) is 10.0 Å². The maximum atomic E-state index is 12.6. The summed E-state index contributed by atoms with van der Waals surface area (Å²) in [5, 5.41) is 2.54. The summed E-state index contributed by atoms with van der Waals surface area (Å²) in [7, 11) is -2.70. The summed E-state index contributed by atoms with van der Waals surface area (Å²) in [5.41, 5.74) is 0. The molecular formula is C11H13ClN2O5S2. The van der Waals surface area contributed by atoms with E-state index in [-0.39, 0.29) is 23.7 Å². The molecule has 21 heavy (non-hydrogen) atoms. The highest BCUT2D eigenvalue weighted by atomic mass is 35.5. The van der Waals surface area contributed by atoms with E-state index in [9.17, 15) is 18.0 Å². The van der Waals surface area contributed by atoms with Gasteiger partial charge in [0.15, 0.2) is 0 Å². The molecule has 10 heteroatoms. The van der Waals surface area contributed by atoms with Crippen LogP contribution in [-0.4, -0.2) is 50.8 Å². The van der Waals surface area contributed by atoms with Gasteiger partial charge < -0.3 is 10.1 Å². The van der Waals surface area contributed by atoms with Gasteiger partial charge in [0.05, 0.1) is 17.9 Å². The third-order valence-electron chi connectivity index (χ3n) is 2.98. The molecule has 0 unspecified atom stereocenters. The van der Waals surface area contributed by atoms with E-state index >= 15 is 0 Å². The Bertz CT molecular complexity index is 657. The van der Waals surface area contributed by atoms with E-state index in [0.29, 0.717) is 4.34 Å². The molecule has 1 atom stereocenters. The lowest BCUT2D eigenvalue weighted by Crippen LogP contribution is -2.57. The van der Waals surface area contributed by atoms with Gasteiger partial charge in [-0.25, -0.2) is 8.42 Å². The molecule has 0 aromatic carbocycles. The highest BCUT2D eigenvalue weighted by Gasteiger charge is 2.40. The molecule has 1 amide bonds. The van der Waals surface area contributed by atoms with Crippen molar-refractivity contribution in [2.45, 2.75) is 16.7 Å². The van der Waals surface area contributed by atoms with Crippen molar-refractivity contribution in [3.8, 4) is 0 Å². The van der Waals surface area contributed by atoms with Gasteiger partial charge in [0, 0.05) is 13.1 Å². The molecule has 1 aromatic rings. The number of nitrogens with one attached hydrogen (secondary N) is 1. The molecule has 2 rings (SSSR count). The molecule has 1 aliphatic heterocycles. The van der Waals surface area contributed by atoms with Crippen LogP contribution in [0.15, 0.2) is 16.3 Å². The lowest BCUT2D eigenvalue weighted by molar-refractivity contribution is -0.144. The van der Waals surface area contributed by atoms with Crippen molar-refractivity contribution in [2.24, 2.45) is 0 Å². The summed E-state index contributed by atoms with van der Waals surface area (Å²) < 4.78 is 31.0. The predicted octanol–water partition coefficient (Wildman–Crippen LogP) is 0.454. The Balaban J connectivity index is 2.33. The number of esters is 1. The Hall–Kier alpha value is -1.16. The van der Waals surface area contributed by atoms with E-state index in [0.717, 1.165) is 15.6 Å². The highest BCUT2D eigenvalue weighted by Crippen LogP contribution is 2.30. The lowest BCUT2D eigenvalue weighted by Gasteiger charge is -2.32. The zero-order valence-electron chi connectivity index (χ0n) is 11.0. The van der Waals surface area contributed by atoms with E-state index < -0.39 is 27.9 Å². The topological polar surface area (TPSA) is 92.8 Å². The van der Waals surface area contributed by atoms with Crippen LogP contribution in [0.2, 0.25) is 4.34 Å². The number of piperazine rings is 1. The summed E-state index contributed by atoms with van der Waals surface area (Å²) in [5.74, 6) is -1.17. The predicted molar refractivity (Wildman–Crippen MR) is 76.7 cm³/mol. The number of rotatable bonds is 4. The third kappa shape index (κ3) is 3.37. The second kappa shape index (κ2) is 6.30. The van der Waals surface area contributed by atoms with Gasteiger partial charge in [-0.15, -0.1) is 11.3 Å². The van der Waals surface area contributed by atoms with E-state index in [4.69, 9.17) is 11.6 Å². The first-order valence-electron chi connectivity index (χ1n) is 5.98. The summed E-state index contributed by atoms with van der Waals surface area (Å²) in [6.07, 6.45) is -0.333. The van der Waals surface area contributed by atoms with Crippen LogP contribution in [-0.2, 0) is 24.3 Å². The van der Waals surface area contributed by atoms with Crippen molar-refractivity contribution in [3.05, 3.63) is 16.5 Å². The van der Waals surface area contributed by atoms with Gasteiger partial charge in [-0.05, 0) is 12.1 Å². The maximum Gasteiger partial charge on any atom is 0.307 e. The Morgan fingerprint density at radius 3 is 2.86 bits per heavy atom. The number of nitrogens with zero attached hydrogens (tertiary/aromatic N) is 1. The summed E-state index contributed by atoms with van der Waals surface area (Å²) in [6, 6.07) is 1.74. The molecule has 0 radical (unpaired) electrons. The molecule has 0 saturated carbocycles. The van der Waals surface area contributed by atoms with Gasteiger partial charge in [0.1, 0.15) is 10.3 Å². The Morgan fingerprint density at radius 2 is 2.29 bits per heavy atom. The number of hydrogen-bond donors (Lipinski definition) is 1. The first-order chi connectivity index (χ1) is 9.86. The summed E-state index contributed by atoms with van der Waals surface area (Å²) in [6.45, 7) is 0.278. The summed E-state index contributed by atoms with van der Waals surface area (Å²) in [4.78, 5) is 23.3. The SMILES string of the molecule is COC(=O)C[C@H]1C(=O)NCCN1S(=O)(=O)c1ccc(Cl)s1. The standard InChI is InChI=1S/C11H13ClN2O5S2/c1-19-9(15)6-7-11(16)13-4-5-14(7)21(17,18)10-3-2-8(12)20-10/h2-3,7H,4-6H2,1H3,(H,13,16)/t7-/m0/s1. The van der Waals surface area contributed by atoms with Crippen LogP contribution in [0.1, 0.15) is 6.42 Å². The van der Waals surface area contributed by atoms with Crippen LogP contribution < -0.4 is 5.32 Å². The molecule has 1 N–H and O–H groups in total. The number of carbonyl (C=O) groups excluding carboxylic acids is 2. The van der Waals surface area contributed by atoms with Gasteiger partial charge in [-0.2, -0.15) is 4.31 Å². The van der Waals surface area contributed by atoms with E-state index in [2.05, 4.69) is 10.1 Å². The van der Waals surface area contributed by atoms with Crippen LogP contribution >= 0.6 is 22.9 Å². The number of sulfonamides is 1. The number of amides is 1. The molecule has 116 valence electrons. The van der Waals surface area contributed by atoms with Crippen molar-refractivity contribution < 1.29 is 22.7 Å². The van der Waals surface area contributed by atoms with Gasteiger partial charge in [-0.3, -0.25) is 9.59 Å². The van der Waals surface area contributed by atoms with Crippen LogP contribution in [0.3, 0.4) is 0 Å². The van der Waals surface area contributed by atoms with Gasteiger partial charge in [0.2, 0.25) is 5.91 Å². The minimum absolute atomic E-state index is 0.0389. The van der Waals surface area contributed by atoms with Crippen LogP contribution in [0, 0.1) is 0 Å². The fourth-order valence-electron chi connectivity index (χ4n) is 1.97. The zero-order chi connectivity index (χ0) is 15.6. The fourth-order valence-corrected chi connectivity index (χ4v) is 5.17. The third-order valence-corrected chi connectivity index (χ3v) is 6.59. The second-order valence-corrected chi connectivity index (χ2v) is 8.09. The molecule has 7 nitrogen and oxygen atoms in total. The molecule has 0 aliphatic carbocycles. The van der Waals surface area contributed by atoms with Crippen molar-refractivity contribution in [1.29, 1.82) is 0 Å². The molecule has 0 spiro atoms. The van der Waals surface area contributed by atoms with Crippen LogP contribution in [0.25, 0.3) is 0 Å². The largest absolute Gasteiger partial charge is 0.469 e. The van der Waals surface area contributed by atoms with Crippen molar-refractivity contribution >= 4 is 44.8 Å². The number of ether oxygens (including phenoxy) is 1.